The molecule has 0 aromatic rings. The summed E-state index contributed by atoms with van der Waals surface area (Å²) in [6.07, 6.45) is 14.2. The predicted octanol–water partition coefficient (Wildman–Crippen LogP) is 7.31. The van der Waals surface area contributed by atoms with Crippen LogP contribution in [-0.2, 0) is 9.53 Å². The van der Waals surface area contributed by atoms with Crippen LogP contribution >= 0.6 is 0 Å². The van der Waals surface area contributed by atoms with E-state index in [2.05, 4.69) is 46.8 Å². The fourth-order valence-electron chi connectivity index (χ4n) is 5.18. The number of ether oxygens (including phenoxy) is 1. The molecule has 1 aliphatic rings. The van der Waals surface area contributed by atoms with Crippen molar-refractivity contribution in [3.63, 3.8) is 0 Å². The minimum Gasteiger partial charge on any atom is -0.481 e. The molecule has 0 radical (unpaired) electrons. The Morgan fingerprint density at radius 2 is 1.83 bits per heavy atom. The van der Waals surface area contributed by atoms with Crippen LogP contribution in [0.1, 0.15) is 119 Å². The number of aliphatic hydroxyl groups excluding tert-OH is 1. The van der Waals surface area contributed by atoms with Crippen LogP contribution in [0.2, 0.25) is 0 Å². The van der Waals surface area contributed by atoms with Crippen LogP contribution in [0.25, 0.3) is 0 Å². The number of hydrogen-bond acceptors (Lipinski definition) is 4. The summed E-state index contributed by atoms with van der Waals surface area (Å²) in [5.41, 5.74) is 1.93. The number of aliphatic carboxylic acids is 1. The van der Waals surface area contributed by atoms with Gasteiger partial charge in [0.15, 0.2) is 0 Å². The van der Waals surface area contributed by atoms with Gasteiger partial charge in [-0.25, -0.2) is 0 Å². The predicted molar refractivity (Wildman–Crippen MR) is 149 cm³/mol. The van der Waals surface area contributed by atoms with Crippen molar-refractivity contribution < 1.29 is 24.9 Å². The number of rotatable bonds is 18. The SMILES string of the molecule is CCCOC1C(CCC(C)CCC/C(C)=C/CCC(C)(O)CCCC(C)C(=O)O)=CC(O)C(C)C1C. The average molecular weight is 509 g/mol. The third-order valence-corrected chi connectivity index (χ3v) is 8.24. The molecule has 5 nitrogen and oxygen atoms in total. The zero-order valence-electron chi connectivity index (χ0n) is 24.3. The lowest BCUT2D eigenvalue weighted by Crippen LogP contribution is -2.39. The van der Waals surface area contributed by atoms with Gasteiger partial charge >= 0.3 is 5.97 Å². The number of carboxylic acids is 1. The summed E-state index contributed by atoms with van der Waals surface area (Å²) < 4.78 is 6.20. The van der Waals surface area contributed by atoms with Gasteiger partial charge in [0.05, 0.1) is 23.7 Å². The Bertz CT molecular complexity index is 695. The topological polar surface area (TPSA) is 87.0 Å². The molecule has 0 bridgehead atoms. The largest absolute Gasteiger partial charge is 0.481 e. The Morgan fingerprint density at radius 3 is 2.47 bits per heavy atom. The number of aliphatic hydroxyl groups is 2. The minimum atomic E-state index is -0.762. The minimum absolute atomic E-state index is 0.138. The molecule has 1 aliphatic carbocycles. The second-order valence-corrected chi connectivity index (χ2v) is 12.0. The van der Waals surface area contributed by atoms with Crippen molar-refractivity contribution in [1.82, 2.24) is 0 Å². The molecule has 36 heavy (non-hydrogen) atoms. The third-order valence-electron chi connectivity index (χ3n) is 8.24. The summed E-state index contributed by atoms with van der Waals surface area (Å²) >= 11 is 0. The summed E-state index contributed by atoms with van der Waals surface area (Å²) in [4.78, 5) is 10.9. The number of carbonyl (C=O) groups is 1. The maximum absolute atomic E-state index is 10.9. The highest BCUT2D eigenvalue weighted by atomic mass is 16.5. The highest BCUT2D eigenvalue weighted by Gasteiger charge is 2.34. The van der Waals surface area contributed by atoms with Gasteiger partial charge in [-0.1, -0.05) is 58.8 Å². The molecule has 0 fully saturated rings. The lowest BCUT2D eigenvalue weighted by atomic mass is 9.76. The Balaban J connectivity index is 2.36. The van der Waals surface area contributed by atoms with Crippen molar-refractivity contribution in [3.05, 3.63) is 23.3 Å². The van der Waals surface area contributed by atoms with E-state index >= 15 is 0 Å². The van der Waals surface area contributed by atoms with Crippen molar-refractivity contribution in [3.8, 4) is 0 Å². The van der Waals surface area contributed by atoms with E-state index in [-0.39, 0.29) is 24.0 Å². The van der Waals surface area contributed by atoms with Crippen LogP contribution in [0, 0.1) is 23.7 Å². The molecule has 0 heterocycles. The van der Waals surface area contributed by atoms with Gasteiger partial charge < -0.3 is 20.1 Å². The van der Waals surface area contributed by atoms with Gasteiger partial charge in [0.1, 0.15) is 0 Å². The lowest BCUT2D eigenvalue weighted by Gasteiger charge is -2.37. The molecular weight excluding hydrogens is 452 g/mol. The van der Waals surface area contributed by atoms with Gasteiger partial charge in [-0.15, -0.1) is 0 Å². The molecule has 210 valence electrons. The summed E-state index contributed by atoms with van der Waals surface area (Å²) in [6.45, 7) is 15.3. The first-order valence-electron chi connectivity index (χ1n) is 14.5. The molecule has 5 heteroatoms. The van der Waals surface area contributed by atoms with Gasteiger partial charge in [0, 0.05) is 6.61 Å². The van der Waals surface area contributed by atoms with E-state index in [0.29, 0.717) is 31.1 Å². The van der Waals surface area contributed by atoms with Crippen molar-refractivity contribution in [1.29, 1.82) is 0 Å². The first kappa shape index (κ1) is 32.9. The number of hydrogen-bond donors (Lipinski definition) is 3. The van der Waals surface area contributed by atoms with Crippen LogP contribution < -0.4 is 0 Å². The van der Waals surface area contributed by atoms with Crippen molar-refractivity contribution in [2.75, 3.05) is 6.61 Å². The molecule has 0 aromatic carbocycles. The Morgan fingerprint density at radius 1 is 1.14 bits per heavy atom. The van der Waals surface area contributed by atoms with Crippen molar-refractivity contribution in [2.24, 2.45) is 23.7 Å². The van der Waals surface area contributed by atoms with Gasteiger partial charge in [0.25, 0.3) is 0 Å². The molecule has 0 spiro atoms. The second-order valence-electron chi connectivity index (χ2n) is 12.0. The van der Waals surface area contributed by atoms with E-state index in [0.717, 1.165) is 51.6 Å². The monoisotopic (exact) mass is 508 g/mol. The van der Waals surface area contributed by atoms with Crippen LogP contribution in [0.3, 0.4) is 0 Å². The zero-order valence-corrected chi connectivity index (χ0v) is 24.3. The highest BCUT2D eigenvalue weighted by Crippen LogP contribution is 2.35. The molecule has 3 N–H and O–H groups in total. The van der Waals surface area contributed by atoms with Gasteiger partial charge in [-0.3, -0.25) is 4.79 Å². The molecule has 0 amide bonds. The van der Waals surface area contributed by atoms with Crippen molar-refractivity contribution in [2.45, 2.75) is 137 Å². The van der Waals surface area contributed by atoms with E-state index in [1.807, 2.05) is 6.92 Å². The normalized spacial score (nSPS) is 26.2. The van der Waals surface area contributed by atoms with E-state index in [9.17, 15) is 15.0 Å². The summed E-state index contributed by atoms with van der Waals surface area (Å²) in [6, 6.07) is 0. The standard InChI is InChI=1S/C31H56O5/c1-8-20-36-29-26(6)25(5)28(32)21-27(29)17-16-23(3)13-9-12-22(2)14-10-18-31(7,35)19-11-15-24(4)30(33)34/h14,21,23-26,28-29,32,35H,8-13,15-20H2,1-7H3,(H,33,34)/b22-14+. The molecule has 0 saturated heterocycles. The van der Waals surface area contributed by atoms with E-state index in [1.165, 1.54) is 17.6 Å². The average Bonchev–Trinajstić information content (AvgIpc) is 2.80. The zero-order chi connectivity index (χ0) is 27.3. The summed E-state index contributed by atoms with van der Waals surface area (Å²) in [7, 11) is 0. The molecule has 0 aromatic heterocycles. The Labute approximate surface area is 221 Å². The number of carboxylic acid groups (broad SMARTS) is 1. The second kappa shape index (κ2) is 16.6. The highest BCUT2D eigenvalue weighted by molar-refractivity contribution is 5.69. The number of allylic oxidation sites excluding steroid dienone is 2. The van der Waals surface area contributed by atoms with E-state index in [4.69, 9.17) is 9.84 Å². The summed E-state index contributed by atoms with van der Waals surface area (Å²) in [5.74, 6) is 0.0864. The first-order valence-corrected chi connectivity index (χ1v) is 14.5. The van der Waals surface area contributed by atoms with Crippen LogP contribution in [0.4, 0.5) is 0 Å². The van der Waals surface area contributed by atoms with Crippen LogP contribution in [0.15, 0.2) is 23.3 Å². The van der Waals surface area contributed by atoms with Gasteiger partial charge in [0.2, 0.25) is 0 Å². The Kier molecular flexibility index (Phi) is 15.2. The molecule has 7 unspecified atom stereocenters. The fourth-order valence-corrected chi connectivity index (χ4v) is 5.18. The fraction of sp³-hybridized carbons (Fsp3) is 0.839. The van der Waals surface area contributed by atoms with Crippen LogP contribution in [0.5, 0.6) is 0 Å². The van der Waals surface area contributed by atoms with Gasteiger partial charge in [-0.05, 0) is 101 Å². The molecule has 0 aliphatic heterocycles. The quantitative estimate of drug-likeness (QED) is 0.169. The molecule has 1 rings (SSSR count). The first-order chi connectivity index (χ1) is 16.9. The molecular formula is C31H56O5. The van der Waals surface area contributed by atoms with Crippen LogP contribution in [-0.4, -0.2) is 45.7 Å². The summed E-state index contributed by atoms with van der Waals surface area (Å²) in [5, 5.41) is 30.0. The Hall–Kier alpha value is -1.17. The van der Waals surface area contributed by atoms with Crippen molar-refractivity contribution >= 4 is 5.97 Å². The smallest absolute Gasteiger partial charge is 0.306 e. The maximum atomic E-state index is 10.9. The maximum Gasteiger partial charge on any atom is 0.306 e. The molecule has 7 atom stereocenters. The van der Waals surface area contributed by atoms with E-state index in [1.54, 1.807) is 6.92 Å². The van der Waals surface area contributed by atoms with Gasteiger partial charge in [-0.2, -0.15) is 0 Å². The molecule has 0 saturated carbocycles. The lowest BCUT2D eigenvalue weighted by molar-refractivity contribution is -0.141. The third kappa shape index (κ3) is 12.4. The van der Waals surface area contributed by atoms with E-state index < -0.39 is 11.6 Å².